The predicted octanol–water partition coefficient (Wildman–Crippen LogP) is 4.55. The largest absolute Gasteiger partial charge is 0.457 e. The van der Waals surface area contributed by atoms with Crippen LogP contribution in [0.1, 0.15) is 5.56 Å². The summed E-state index contributed by atoms with van der Waals surface area (Å²) in [6, 6.07) is 15.8. The molecule has 2 heteroatoms. The van der Waals surface area contributed by atoms with Crippen LogP contribution in [0.3, 0.4) is 0 Å². The Hall–Kier alpha value is -1.28. The number of hydrogen-bond acceptors (Lipinski definition) is 1. The van der Waals surface area contributed by atoms with Gasteiger partial charge in [0.05, 0.1) is 0 Å². The molecule has 0 aliphatic heterocycles. The molecule has 1 nitrogen and oxygen atoms in total. The first-order valence-electron chi connectivity index (χ1n) is 4.74. The smallest absolute Gasteiger partial charge is 0.128 e. The lowest BCUT2D eigenvalue weighted by atomic mass is 10.2. The van der Waals surface area contributed by atoms with Crippen molar-refractivity contribution < 1.29 is 4.74 Å². The molecule has 0 aromatic heterocycles. The lowest BCUT2D eigenvalue weighted by Crippen LogP contribution is -1.83. The highest BCUT2D eigenvalue weighted by Crippen LogP contribution is 2.24. The Balaban J connectivity index is 2.18. The average Bonchev–Trinajstić information content (AvgIpc) is 2.22. The summed E-state index contributed by atoms with van der Waals surface area (Å²) in [5, 5.41) is 0. The van der Waals surface area contributed by atoms with Gasteiger partial charge in [-0.3, -0.25) is 0 Å². The number of ether oxygens (including phenoxy) is 1. The maximum absolute atomic E-state index is 5.68. The zero-order chi connectivity index (χ0) is 10.7. The van der Waals surface area contributed by atoms with Crippen LogP contribution in [0.4, 0.5) is 0 Å². The third-order valence-electron chi connectivity index (χ3n) is 2.05. The molecule has 15 heavy (non-hydrogen) atoms. The minimum atomic E-state index is 0.841. The standard InChI is InChI=1S/C13H11BrO/c1-10-5-7-12(8-6-10)15-13-4-2-3-11(14)9-13/h2-9H,1H3. The first-order valence-corrected chi connectivity index (χ1v) is 5.53. The molecule has 0 bridgehead atoms. The van der Waals surface area contributed by atoms with E-state index >= 15 is 0 Å². The van der Waals surface area contributed by atoms with Crippen LogP contribution in [0.15, 0.2) is 53.0 Å². The van der Waals surface area contributed by atoms with Gasteiger partial charge in [-0.1, -0.05) is 39.7 Å². The number of hydrogen-bond donors (Lipinski definition) is 0. The molecule has 2 aromatic rings. The number of rotatable bonds is 2. The van der Waals surface area contributed by atoms with E-state index in [0.717, 1.165) is 16.0 Å². The molecule has 0 aliphatic carbocycles. The van der Waals surface area contributed by atoms with Gasteiger partial charge in [0.15, 0.2) is 0 Å². The molecule has 0 saturated heterocycles. The number of aryl methyl sites for hydroxylation is 1. The monoisotopic (exact) mass is 262 g/mol. The van der Waals surface area contributed by atoms with Crippen molar-refractivity contribution >= 4 is 15.9 Å². The highest BCUT2D eigenvalue weighted by molar-refractivity contribution is 9.10. The molecule has 0 atom stereocenters. The molecule has 0 amide bonds. The molecule has 0 unspecified atom stereocenters. The number of halogens is 1. The van der Waals surface area contributed by atoms with E-state index in [1.165, 1.54) is 5.56 Å². The van der Waals surface area contributed by atoms with E-state index in [1.54, 1.807) is 0 Å². The Morgan fingerprint density at radius 2 is 1.67 bits per heavy atom. The van der Waals surface area contributed by atoms with Crippen LogP contribution in [0.25, 0.3) is 0 Å². The summed E-state index contributed by atoms with van der Waals surface area (Å²) < 4.78 is 6.70. The van der Waals surface area contributed by atoms with Gasteiger partial charge in [-0.25, -0.2) is 0 Å². The van der Waals surface area contributed by atoms with Gasteiger partial charge in [0.1, 0.15) is 11.5 Å². The van der Waals surface area contributed by atoms with Crippen molar-refractivity contribution in [3.8, 4) is 11.5 Å². The molecule has 0 N–H and O–H groups in total. The fraction of sp³-hybridized carbons (Fsp3) is 0.0769. The Bertz CT molecular complexity index is 448. The van der Waals surface area contributed by atoms with Crippen LogP contribution in [-0.2, 0) is 0 Å². The highest BCUT2D eigenvalue weighted by Gasteiger charge is 1.96. The van der Waals surface area contributed by atoms with E-state index in [9.17, 15) is 0 Å². The van der Waals surface area contributed by atoms with Crippen LogP contribution < -0.4 is 4.74 Å². The minimum Gasteiger partial charge on any atom is -0.457 e. The van der Waals surface area contributed by atoms with Gasteiger partial charge in [-0.15, -0.1) is 0 Å². The van der Waals surface area contributed by atoms with Gasteiger partial charge in [0.2, 0.25) is 0 Å². The Morgan fingerprint density at radius 1 is 0.933 bits per heavy atom. The quantitative estimate of drug-likeness (QED) is 0.772. The van der Waals surface area contributed by atoms with E-state index < -0.39 is 0 Å². The van der Waals surface area contributed by atoms with E-state index in [2.05, 4.69) is 22.9 Å². The summed E-state index contributed by atoms with van der Waals surface area (Å²) in [6.07, 6.45) is 0. The molecular formula is C13H11BrO. The average molecular weight is 263 g/mol. The SMILES string of the molecule is Cc1ccc(Oc2cccc(Br)c2)cc1. The zero-order valence-corrected chi connectivity index (χ0v) is 9.99. The molecule has 0 heterocycles. The zero-order valence-electron chi connectivity index (χ0n) is 8.41. The molecule has 0 aliphatic rings. The summed E-state index contributed by atoms with van der Waals surface area (Å²) >= 11 is 3.41. The molecule has 0 spiro atoms. The van der Waals surface area contributed by atoms with E-state index in [0.29, 0.717) is 0 Å². The van der Waals surface area contributed by atoms with Crippen molar-refractivity contribution in [3.63, 3.8) is 0 Å². The first kappa shape index (κ1) is 10.2. The third kappa shape index (κ3) is 2.83. The highest BCUT2D eigenvalue weighted by atomic mass is 79.9. The van der Waals surface area contributed by atoms with Crippen molar-refractivity contribution in [2.45, 2.75) is 6.92 Å². The van der Waals surface area contributed by atoms with Crippen molar-refractivity contribution in [1.29, 1.82) is 0 Å². The van der Waals surface area contributed by atoms with Crippen molar-refractivity contribution in [3.05, 3.63) is 58.6 Å². The third-order valence-corrected chi connectivity index (χ3v) is 2.55. The van der Waals surface area contributed by atoms with Gasteiger partial charge in [-0.2, -0.15) is 0 Å². The summed E-state index contributed by atoms with van der Waals surface area (Å²) in [6.45, 7) is 2.06. The summed E-state index contributed by atoms with van der Waals surface area (Å²) in [5.74, 6) is 1.70. The van der Waals surface area contributed by atoms with E-state index in [1.807, 2.05) is 48.5 Å². The lowest BCUT2D eigenvalue weighted by Gasteiger charge is -2.05. The second kappa shape index (κ2) is 4.49. The number of benzene rings is 2. The maximum Gasteiger partial charge on any atom is 0.128 e. The second-order valence-corrected chi connectivity index (χ2v) is 4.29. The molecule has 0 radical (unpaired) electrons. The van der Waals surface area contributed by atoms with Crippen molar-refractivity contribution in [2.24, 2.45) is 0 Å². The van der Waals surface area contributed by atoms with Crippen LogP contribution in [0, 0.1) is 6.92 Å². The fourth-order valence-corrected chi connectivity index (χ4v) is 1.65. The van der Waals surface area contributed by atoms with Crippen LogP contribution in [-0.4, -0.2) is 0 Å². The molecule has 0 saturated carbocycles. The summed E-state index contributed by atoms with van der Waals surface area (Å²) in [4.78, 5) is 0. The van der Waals surface area contributed by atoms with Crippen molar-refractivity contribution in [2.75, 3.05) is 0 Å². The maximum atomic E-state index is 5.68. The lowest BCUT2D eigenvalue weighted by molar-refractivity contribution is 0.482. The summed E-state index contributed by atoms with van der Waals surface area (Å²) in [7, 11) is 0. The molecule has 76 valence electrons. The van der Waals surface area contributed by atoms with E-state index in [4.69, 9.17) is 4.74 Å². The molecular weight excluding hydrogens is 252 g/mol. The van der Waals surface area contributed by atoms with E-state index in [-0.39, 0.29) is 0 Å². The molecule has 2 aromatic carbocycles. The normalized spacial score (nSPS) is 10.0. The van der Waals surface area contributed by atoms with Gasteiger partial charge >= 0.3 is 0 Å². The predicted molar refractivity (Wildman–Crippen MR) is 65.4 cm³/mol. The molecule has 0 fully saturated rings. The minimum absolute atomic E-state index is 0.841. The van der Waals surface area contributed by atoms with Gasteiger partial charge in [0.25, 0.3) is 0 Å². The second-order valence-electron chi connectivity index (χ2n) is 3.37. The summed E-state index contributed by atoms with van der Waals surface area (Å²) in [5.41, 5.74) is 1.23. The Kier molecular flexibility index (Phi) is 3.07. The van der Waals surface area contributed by atoms with Gasteiger partial charge < -0.3 is 4.74 Å². The van der Waals surface area contributed by atoms with Crippen LogP contribution in [0.2, 0.25) is 0 Å². The fourth-order valence-electron chi connectivity index (χ4n) is 1.27. The topological polar surface area (TPSA) is 9.23 Å². The van der Waals surface area contributed by atoms with Crippen molar-refractivity contribution in [1.82, 2.24) is 0 Å². The van der Waals surface area contributed by atoms with Crippen LogP contribution >= 0.6 is 15.9 Å². The van der Waals surface area contributed by atoms with Crippen LogP contribution in [0.5, 0.6) is 11.5 Å². The molecule has 2 rings (SSSR count). The van der Waals surface area contributed by atoms with Gasteiger partial charge in [-0.05, 0) is 37.3 Å². The first-order chi connectivity index (χ1) is 7.24. The Morgan fingerprint density at radius 3 is 2.33 bits per heavy atom. The Labute approximate surface area is 97.8 Å². The van der Waals surface area contributed by atoms with Gasteiger partial charge in [0, 0.05) is 4.47 Å².